The van der Waals surface area contributed by atoms with Crippen molar-refractivity contribution in [3.05, 3.63) is 51.0 Å². The molecular formula is C18H12BrClN2O4. The van der Waals surface area contributed by atoms with Crippen molar-refractivity contribution in [2.75, 3.05) is 19.2 Å². The number of fused-ring (bicyclic) bond motifs is 1. The summed E-state index contributed by atoms with van der Waals surface area (Å²) < 4.78 is 16.5. The van der Waals surface area contributed by atoms with E-state index in [4.69, 9.17) is 25.8 Å². The van der Waals surface area contributed by atoms with Crippen LogP contribution >= 0.6 is 27.5 Å². The molecule has 0 fully saturated rings. The predicted octanol–water partition coefficient (Wildman–Crippen LogP) is 4.39. The van der Waals surface area contributed by atoms with Gasteiger partial charge in [-0.3, -0.25) is 4.79 Å². The third kappa shape index (κ3) is 3.77. The van der Waals surface area contributed by atoms with E-state index >= 15 is 0 Å². The summed E-state index contributed by atoms with van der Waals surface area (Å²) in [4.78, 5) is 12.5. The smallest absolute Gasteiger partial charge is 0.266 e. The predicted molar refractivity (Wildman–Crippen MR) is 100 cm³/mol. The zero-order valence-electron chi connectivity index (χ0n) is 13.5. The van der Waals surface area contributed by atoms with Crippen LogP contribution in [0.2, 0.25) is 5.02 Å². The number of amides is 1. The van der Waals surface area contributed by atoms with Gasteiger partial charge in [0.1, 0.15) is 17.4 Å². The minimum Gasteiger partial charge on any atom is -0.495 e. The molecule has 0 saturated heterocycles. The molecule has 1 aliphatic rings. The standard InChI is InChI=1S/C18H12BrClN2O4/c1-24-15-3-2-12(20)6-14(15)22-18(23)11(8-21)4-10-5-16-17(7-13(10)19)26-9-25-16/h2-7H,9H2,1H3,(H,22,23)/b11-4+. The minimum absolute atomic E-state index is 0.0911. The van der Waals surface area contributed by atoms with Gasteiger partial charge in [-0.15, -0.1) is 0 Å². The van der Waals surface area contributed by atoms with Crippen molar-refractivity contribution in [3.8, 4) is 23.3 Å². The number of hydrogen-bond acceptors (Lipinski definition) is 5. The second kappa shape index (κ2) is 7.68. The van der Waals surface area contributed by atoms with Gasteiger partial charge in [-0.1, -0.05) is 27.5 Å². The lowest BCUT2D eigenvalue weighted by Gasteiger charge is -2.10. The Morgan fingerprint density at radius 2 is 2.08 bits per heavy atom. The first-order chi connectivity index (χ1) is 12.5. The maximum atomic E-state index is 12.5. The zero-order valence-corrected chi connectivity index (χ0v) is 15.8. The van der Waals surface area contributed by atoms with Crippen molar-refractivity contribution in [1.29, 1.82) is 5.26 Å². The molecule has 0 atom stereocenters. The van der Waals surface area contributed by atoms with Gasteiger partial charge in [0.15, 0.2) is 11.5 Å². The summed E-state index contributed by atoms with van der Waals surface area (Å²) in [5, 5.41) is 12.5. The monoisotopic (exact) mass is 434 g/mol. The van der Waals surface area contributed by atoms with E-state index in [1.165, 1.54) is 13.2 Å². The highest BCUT2D eigenvalue weighted by atomic mass is 79.9. The molecule has 0 aliphatic carbocycles. The average Bonchev–Trinajstić information content (AvgIpc) is 3.06. The van der Waals surface area contributed by atoms with Crippen LogP contribution in [0.4, 0.5) is 5.69 Å². The quantitative estimate of drug-likeness (QED) is 0.569. The van der Waals surface area contributed by atoms with Crippen LogP contribution in [-0.4, -0.2) is 19.8 Å². The maximum Gasteiger partial charge on any atom is 0.266 e. The summed E-state index contributed by atoms with van der Waals surface area (Å²) in [6.45, 7) is 0.134. The number of carbonyl (C=O) groups is 1. The summed E-state index contributed by atoms with van der Waals surface area (Å²) in [5.74, 6) is 0.997. The van der Waals surface area contributed by atoms with Gasteiger partial charge in [0.2, 0.25) is 6.79 Å². The second-order valence-electron chi connectivity index (χ2n) is 5.20. The molecule has 0 radical (unpaired) electrons. The van der Waals surface area contributed by atoms with Crippen LogP contribution in [0.25, 0.3) is 6.08 Å². The van der Waals surface area contributed by atoms with E-state index in [0.29, 0.717) is 38.0 Å². The molecule has 8 heteroatoms. The second-order valence-corrected chi connectivity index (χ2v) is 6.49. The molecule has 0 bridgehead atoms. The molecule has 2 aromatic carbocycles. The van der Waals surface area contributed by atoms with E-state index in [1.54, 1.807) is 30.3 Å². The molecule has 0 saturated carbocycles. The van der Waals surface area contributed by atoms with Crippen molar-refractivity contribution in [2.45, 2.75) is 0 Å². The lowest BCUT2D eigenvalue weighted by atomic mass is 10.1. The van der Waals surface area contributed by atoms with Crippen molar-refractivity contribution in [3.63, 3.8) is 0 Å². The molecule has 0 aromatic heterocycles. The largest absolute Gasteiger partial charge is 0.495 e. The van der Waals surface area contributed by atoms with Gasteiger partial charge < -0.3 is 19.5 Å². The molecule has 3 rings (SSSR count). The maximum absolute atomic E-state index is 12.5. The highest BCUT2D eigenvalue weighted by molar-refractivity contribution is 9.10. The van der Waals surface area contributed by atoms with Crippen molar-refractivity contribution in [2.24, 2.45) is 0 Å². The number of rotatable bonds is 4. The number of hydrogen-bond donors (Lipinski definition) is 1. The highest BCUT2D eigenvalue weighted by Gasteiger charge is 2.18. The average molecular weight is 436 g/mol. The first kappa shape index (κ1) is 18.1. The minimum atomic E-state index is -0.586. The summed E-state index contributed by atoms with van der Waals surface area (Å²) >= 11 is 9.35. The first-order valence-corrected chi connectivity index (χ1v) is 8.54. The SMILES string of the molecule is COc1ccc(Cl)cc1NC(=O)/C(C#N)=C/c1cc2c(cc1Br)OCO2. The van der Waals surface area contributed by atoms with E-state index in [0.717, 1.165) is 0 Å². The van der Waals surface area contributed by atoms with Gasteiger partial charge in [-0.2, -0.15) is 5.26 Å². The Labute approximate surface area is 163 Å². The fraction of sp³-hybridized carbons (Fsp3) is 0.111. The highest BCUT2D eigenvalue weighted by Crippen LogP contribution is 2.37. The fourth-order valence-electron chi connectivity index (χ4n) is 2.32. The van der Waals surface area contributed by atoms with Crippen molar-refractivity contribution >= 4 is 45.2 Å². The number of carbonyl (C=O) groups excluding carboxylic acids is 1. The summed E-state index contributed by atoms with van der Waals surface area (Å²) in [6.07, 6.45) is 1.46. The van der Waals surface area contributed by atoms with Gasteiger partial charge in [-0.05, 0) is 42.0 Å². The van der Waals surface area contributed by atoms with Crippen molar-refractivity contribution < 1.29 is 19.0 Å². The van der Waals surface area contributed by atoms with E-state index < -0.39 is 5.91 Å². The number of methoxy groups -OCH3 is 1. The van der Waals surface area contributed by atoms with Crippen molar-refractivity contribution in [1.82, 2.24) is 0 Å². The molecule has 2 aromatic rings. The zero-order chi connectivity index (χ0) is 18.7. The number of anilines is 1. The summed E-state index contributed by atoms with van der Waals surface area (Å²) in [7, 11) is 1.48. The van der Waals surface area contributed by atoms with Crippen LogP contribution < -0.4 is 19.5 Å². The van der Waals surface area contributed by atoms with E-state index in [9.17, 15) is 10.1 Å². The lowest BCUT2D eigenvalue weighted by molar-refractivity contribution is -0.112. The first-order valence-electron chi connectivity index (χ1n) is 7.37. The number of nitriles is 1. The molecule has 6 nitrogen and oxygen atoms in total. The molecule has 132 valence electrons. The summed E-state index contributed by atoms with van der Waals surface area (Å²) in [5.41, 5.74) is 0.890. The molecular weight excluding hydrogens is 424 g/mol. The molecule has 0 spiro atoms. The molecule has 0 unspecified atom stereocenters. The van der Waals surface area contributed by atoms with E-state index in [2.05, 4.69) is 21.2 Å². The van der Waals surface area contributed by atoms with Crippen LogP contribution in [0, 0.1) is 11.3 Å². The number of nitrogens with zero attached hydrogens (tertiary/aromatic N) is 1. The Hall–Kier alpha value is -2.69. The number of benzene rings is 2. The third-order valence-corrected chi connectivity index (χ3v) is 4.49. The van der Waals surface area contributed by atoms with Crippen LogP contribution in [0.3, 0.4) is 0 Å². The van der Waals surface area contributed by atoms with E-state index in [-0.39, 0.29) is 12.4 Å². The Kier molecular flexibility index (Phi) is 5.35. The Morgan fingerprint density at radius 1 is 1.35 bits per heavy atom. The normalized spacial score (nSPS) is 12.5. The molecule has 1 N–H and O–H groups in total. The Balaban J connectivity index is 1.90. The van der Waals surface area contributed by atoms with Gasteiger partial charge in [0, 0.05) is 9.50 Å². The van der Waals surface area contributed by atoms with Gasteiger partial charge in [0.05, 0.1) is 12.8 Å². The van der Waals surface area contributed by atoms with Crippen LogP contribution in [0.5, 0.6) is 17.2 Å². The van der Waals surface area contributed by atoms with Crippen LogP contribution in [0.1, 0.15) is 5.56 Å². The topological polar surface area (TPSA) is 80.6 Å². The van der Waals surface area contributed by atoms with Gasteiger partial charge >= 0.3 is 0 Å². The molecule has 26 heavy (non-hydrogen) atoms. The van der Waals surface area contributed by atoms with Crippen LogP contribution in [-0.2, 0) is 4.79 Å². The van der Waals surface area contributed by atoms with Crippen LogP contribution in [0.15, 0.2) is 40.4 Å². The van der Waals surface area contributed by atoms with Gasteiger partial charge in [0.25, 0.3) is 5.91 Å². The summed E-state index contributed by atoms with van der Waals surface area (Å²) in [6, 6.07) is 10.1. The Bertz CT molecular complexity index is 953. The number of nitrogens with one attached hydrogen (secondary N) is 1. The molecule has 1 aliphatic heterocycles. The lowest BCUT2D eigenvalue weighted by Crippen LogP contribution is -2.14. The van der Waals surface area contributed by atoms with Gasteiger partial charge in [-0.25, -0.2) is 0 Å². The number of halogens is 2. The Morgan fingerprint density at radius 3 is 2.77 bits per heavy atom. The number of ether oxygens (including phenoxy) is 3. The molecule has 1 heterocycles. The third-order valence-electron chi connectivity index (χ3n) is 3.57. The fourth-order valence-corrected chi connectivity index (χ4v) is 2.92. The molecule has 1 amide bonds. The van der Waals surface area contributed by atoms with E-state index in [1.807, 2.05) is 6.07 Å².